The van der Waals surface area contributed by atoms with Gasteiger partial charge in [0.2, 0.25) is 0 Å². The van der Waals surface area contributed by atoms with Crippen LogP contribution >= 0.6 is 27.3 Å². The van der Waals surface area contributed by atoms with Gasteiger partial charge in [-0.05, 0) is 37.3 Å². The van der Waals surface area contributed by atoms with E-state index in [1.165, 1.54) is 11.3 Å². The van der Waals surface area contributed by atoms with Gasteiger partial charge >= 0.3 is 5.97 Å². The molecule has 0 unspecified atom stereocenters. The Morgan fingerprint density at radius 2 is 1.61 bits per heavy atom. The number of carbonyl (C=O) groups excluding carboxylic acids is 3. The highest BCUT2D eigenvalue weighted by molar-refractivity contribution is 9.10. The van der Waals surface area contributed by atoms with Crippen molar-refractivity contribution >= 4 is 55.1 Å². The van der Waals surface area contributed by atoms with Crippen molar-refractivity contribution in [2.75, 3.05) is 6.61 Å². The van der Waals surface area contributed by atoms with Crippen LogP contribution in [0.1, 0.15) is 33.2 Å². The summed E-state index contributed by atoms with van der Waals surface area (Å²) in [6.45, 7) is 1.96. The van der Waals surface area contributed by atoms with Crippen molar-refractivity contribution in [1.82, 2.24) is 4.57 Å². The molecule has 33 heavy (non-hydrogen) atoms. The molecule has 0 aliphatic carbocycles. The van der Waals surface area contributed by atoms with E-state index >= 15 is 0 Å². The number of ether oxygens (including phenoxy) is 1. The molecular weight excluding hydrogens is 504 g/mol. The summed E-state index contributed by atoms with van der Waals surface area (Å²) in [7, 11) is 0. The third-order valence-corrected chi connectivity index (χ3v) is 6.40. The van der Waals surface area contributed by atoms with Gasteiger partial charge in [0.15, 0.2) is 10.6 Å². The molecule has 4 aromatic rings. The molecular formula is C25H19BrN2O4S. The average Bonchev–Trinajstić information content (AvgIpc) is 3.15. The van der Waals surface area contributed by atoms with Crippen LogP contribution < -0.4 is 4.80 Å². The molecule has 0 aliphatic rings. The number of esters is 1. The molecule has 1 aromatic heterocycles. The molecule has 6 nitrogen and oxygen atoms in total. The Kier molecular flexibility index (Phi) is 6.96. The minimum atomic E-state index is -0.461. The topological polar surface area (TPSA) is 77.7 Å². The van der Waals surface area contributed by atoms with Crippen molar-refractivity contribution in [1.29, 1.82) is 0 Å². The van der Waals surface area contributed by atoms with E-state index in [4.69, 9.17) is 4.74 Å². The quantitative estimate of drug-likeness (QED) is 0.263. The molecule has 0 radical (unpaired) electrons. The molecule has 8 heteroatoms. The fraction of sp³-hybridized carbons (Fsp3) is 0.120. The molecule has 0 spiro atoms. The number of halogens is 1. The first-order valence-corrected chi connectivity index (χ1v) is 11.8. The fourth-order valence-corrected chi connectivity index (χ4v) is 4.87. The van der Waals surface area contributed by atoms with Crippen LogP contribution in [0.4, 0.5) is 0 Å². The van der Waals surface area contributed by atoms with Gasteiger partial charge in [0.05, 0.1) is 16.8 Å². The van der Waals surface area contributed by atoms with E-state index in [1.54, 1.807) is 60.0 Å². The molecule has 0 fully saturated rings. The lowest BCUT2D eigenvalue weighted by Gasteiger charge is -2.05. The predicted molar refractivity (Wildman–Crippen MR) is 130 cm³/mol. The van der Waals surface area contributed by atoms with E-state index in [2.05, 4.69) is 20.9 Å². The molecule has 1 heterocycles. The van der Waals surface area contributed by atoms with Crippen molar-refractivity contribution in [3.63, 3.8) is 0 Å². The molecule has 166 valence electrons. The number of fused-ring (bicyclic) bond motifs is 1. The van der Waals surface area contributed by atoms with Gasteiger partial charge in [-0.2, -0.15) is 4.99 Å². The molecule has 0 atom stereocenters. The maximum Gasteiger partial charge on any atom is 0.326 e. The van der Waals surface area contributed by atoms with Crippen LogP contribution in [0.3, 0.4) is 0 Å². The van der Waals surface area contributed by atoms with E-state index in [0.29, 0.717) is 21.5 Å². The van der Waals surface area contributed by atoms with Crippen LogP contribution in [0.25, 0.3) is 10.2 Å². The van der Waals surface area contributed by atoms with Crippen LogP contribution in [-0.2, 0) is 16.1 Å². The van der Waals surface area contributed by atoms with E-state index < -0.39 is 11.9 Å². The summed E-state index contributed by atoms with van der Waals surface area (Å²) < 4.78 is 8.52. The average molecular weight is 523 g/mol. The zero-order valence-corrected chi connectivity index (χ0v) is 20.1. The molecule has 0 saturated carbocycles. The normalized spacial score (nSPS) is 11.5. The van der Waals surface area contributed by atoms with Gasteiger partial charge < -0.3 is 9.30 Å². The van der Waals surface area contributed by atoms with Gasteiger partial charge in [0, 0.05) is 21.2 Å². The molecule has 3 aromatic carbocycles. The van der Waals surface area contributed by atoms with Crippen LogP contribution in [0, 0.1) is 0 Å². The minimum absolute atomic E-state index is 0.0495. The number of amides is 1. The van der Waals surface area contributed by atoms with Gasteiger partial charge in [-0.1, -0.05) is 69.7 Å². The van der Waals surface area contributed by atoms with Crippen molar-refractivity contribution in [2.24, 2.45) is 4.99 Å². The number of thiazole rings is 1. The van der Waals surface area contributed by atoms with Crippen molar-refractivity contribution < 1.29 is 19.1 Å². The Morgan fingerprint density at radius 1 is 0.939 bits per heavy atom. The molecule has 4 rings (SSSR count). The standard InChI is InChI=1S/C25H19BrN2O4S/c1-2-32-22(29)15-28-20-13-12-19(26)14-21(20)33-25(28)27-24(31)18-10-8-17(9-11-18)23(30)16-6-4-3-5-7-16/h3-14H,2,15H2,1H3. The number of rotatable bonds is 6. The van der Waals surface area contributed by atoms with Gasteiger partial charge in [0.1, 0.15) is 6.54 Å². The number of nitrogens with zero attached hydrogens (tertiary/aromatic N) is 2. The Balaban J connectivity index is 1.67. The zero-order chi connectivity index (χ0) is 23.4. The number of carbonyl (C=O) groups is 3. The van der Waals surface area contributed by atoms with Gasteiger partial charge in [-0.3, -0.25) is 14.4 Å². The highest BCUT2D eigenvalue weighted by Gasteiger charge is 2.14. The second-order valence-electron chi connectivity index (χ2n) is 7.08. The summed E-state index contributed by atoms with van der Waals surface area (Å²) in [5.41, 5.74) is 2.20. The van der Waals surface area contributed by atoms with Crippen LogP contribution in [-0.4, -0.2) is 28.8 Å². The number of benzene rings is 3. The first-order chi connectivity index (χ1) is 16.0. The summed E-state index contributed by atoms with van der Waals surface area (Å²) in [5.74, 6) is -0.983. The Hall–Kier alpha value is -3.36. The van der Waals surface area contributed by atoms with Crippen molar-refractivity contribution in [3.8, 4) is 0 Å². The highest BCUT2D eigenvalue weighted by atomic mass is 79.9. The van der Waals surface area contributed by atoms with Crippen LogP contribution in [0.5, 0.6) is 0 Å². The molecule has 0 aliphatic heterocycles. The summed E-state index contributed by atoms with van der Waals surface area (Å²) in [5, 5.41) is 0. The maximum atomic E-state index is 12.9. The smallest absolute Gasteiger partial charge is 0.326 e. The lowest BCUT2D eigenvalue weighted by Crippen LogP contribution is -2.23. The Morgan fingerprint density at radius 3 is 2.30 bits per heavy atom. The van der Waals surface area contributed by atoms with E-state index in [9.17, 15) is 14.4 Å². The summed E-state index contributed by atoms with van der Waals surface area (Å²) in [6, 6.07) is 21.0. The maximum absolute atomic E-state index is 12.9. The number of ketones is 1. The SMILES string of the molecule is CCOC(=O)Cn1c(=NC(=O)c2ccc(C(=O)c3ccccc3)cc2)sc2cc(Br)ccc21. The predicted octanol–water partition coefficient (Wildman–Crippen LogP) is 5.00. The first-order valence-electron chi connectivity index (χ1n) is 10.2. The molecule has 0 bridgehead atoms. The van der Waals surface area contributed by atoms with Crippen molar-refractivity contribution in [2.45, 2.75) is 13.5 Å². The van der Waals surface area contributed by atoms with E-state index in [-0.39, 0.29) is 18.9 Å². The number of aromatic nitrogens is 1. The van der Waals surface area contributed by atoms with E-state index in [0.717, 1.165) is 14.7 Å². The summed E-state index contributed by atoms with van der Waals surface area (Å²) in [6.07, 6.45) is 0. The van der Waals surface area contributed by atoms with E-state index in [1.807, 2.05) is 24.3 Å². The monoisotopic (exact) mass is 522 g/mol. The largest absolute Gasteiger partial charge is 0.465 e. The summed E-state index contributed by atoms with van der Waals surface area (Å²) >= 11 is 4.76. The van der Waals surface area contributed by atoms with Gasteiger partial charge in [-0.25, -0.2) is 0 Å². The lowest BCUT2D eigenvalue weighted by atomic mass is 10.0. The number of hydrogen-bond acceptors (Lipinski definition) is 5. The van der Waals surface area contributed by atoms with Crippen LogP contribution in [0.2, 0.25) is 0 Å². The lowest BCUT2D eigenvalue weighted by molar-refractivity contribution is -0.143. The second-order valence-corrected chi connectivity index (χ2v) is 9.00. The third-order valence-electron chi connectivity index (χ3n) is 4.86. The minimum Gasteiger partial charge on any atom is -0.465 e. The third kappa shape index (κ3) is 5.18. The molecule has 1 amide bonds. The number of hydrogen-bond donors (Lipinski definition) is 0. The van der Waals surface area contributed by atoms with Crippen molar-refractivity contribution in [3.05, 3.63) is 98.8 Å². The Labute approximate surface area is 202 Å². The first kappa shape index (κ1) is 22.8. The Bertz CT molecular complexity index is 1410. The van der Waals surface area contributed by atoms with Gasteiger partial charge in [-0.15, -0.1) is 0 Å². The summed E-state index contributed by atoms with van der Waals surface area (Å²) in [4.78, 5) is 42.3. The fourth-order valence-electron chi connectivity index (χ4n) is 3.29. The molecule has 0 saturated heterocycles. The van der Waals surface area contributed by atoms with Crippen LogP contribution in [0.15, 0.2) is 82.3 Å². The molecule has 0 N–H and O–H groups in total. The highest BCUT2D eigenvalue weighted by Crippen LogP contribution is 2.22. The second kappa shape index (κ2) is 10.1. The van der Waals surface area contributed by atoms with Gasteiger partial charge in [0.25, 0.3) is 5.91 Å². The zero-order valence-electron chi connectivity index (χ0n) is 17.7.